The van der Waals surface area contributed by atoms with Crippen LogP contribution in [0.2, 0.25) is 0 Å². The van der Waals surface area contributed by atoms with Crippen molar-refractivity contribution < 1.29 is 14.6 Å². The Morgan fingerprint density at radius 1 is 1.82 bits per heavy atom. The zero-order chi connectivity index (χ0) is 8.85. The highest BCUT2D eigenvalue weighted by atomic mass is 35.5. The van der Waals surface area contributed by atoms with Crippen LogP contribution < -0.4 is 0 Å². The molecule has 1 N–H and O–H groups in total. The van der Waals surface area contributed by atoms with E-state index in [2.05, 4.69) is 0 Å². The van der Waals surface area contributed by atoms with Gasteiger partial charge in [-0.05, 0) is 6.92 Å². The maximum atomic E-state index is 10.2. The van der Waals surface area contributed by atoms with Crippen molar-refractivity contribution in [2.75, 3.05) is 6.61 Å². The maximum absolute atomic E-state index is 10.2. The lowest BCUT2D eigenvalue weighted by Gasteiger charge is -2.06. The quantitative estimate of drug-likeness (QED) is 0.750. The second-order valence-electron chi connectivity index (χ2n) is 1.85. The number of hydrogen-bond donors (Lipinski definition) is 1. The van der Waals surface area contributed by atoms with Crippen LogP contribution in [0.25, 0.3) is 0 Å². The van der Waals surface area contributed by atoms with Crippen LogP contribution in [0, 0.1) is 0 Å². The summed E-state index contributed by atoms with van der Waals surface area (Å²) in [5, 5.41) is 8.62. The number of halogens is 2. The first-order valence-corrected chi connectivity index (χ1v) is 3.68. The molecule has 0 aromatic carbocycles. The van der Waals surface area contributed by atoms with Gasteiger partial charge in [0.05, 0.1) is 11.6 Å². The Labute approximate surface area is 74.6 Å². The summed E-state index contributed by atoms with van der Waals surface area (Å²) in [4.78, 5) is 10.2. The molecule has 0 bridgehead atoms. The van der Waals surface area contributed by atoms with Gasteiger partial charge in [0.1, 0.15) is 0 Å². The van der Waals surface area contributed by atoms with Crippen LogP contribution in [0.5, 0.6) is 0 Å². The molecule has 0 rings (SSSR count). The van der Waals surface area contributed by atoms with Crippen molar-refractivity contribution in [3.8, 4) is 0 Å². The molecule has 0 aliphatic heterocycles. The molecule has 0 aliphatic carbocycles. The van der Waals surface area contributed by atoms with E-state index in [4.69, 9.17) is 33.0 Å². The van der Waals surface area contributed by atoms with E-state index >= 15 is 0 Å². The predicted octanol–water partition coefficient (Wildman–Crippen LogP) is 1.80. The zero-order valence-corrected chi connectivity index (χ0v) is 7.39. The number of carbonyl (C=O) groups is 1. The third-order valence-electron chi connectivity index (χ3n) is 0.937. The molecular formula is C6H8Cl2O3. The number of rotatable bonds is 4. The Bertz CT molecular complexity index is 167. The van der Waals surface area contributed by atoms with Crippen molar-refractivity contribution in [1.29, 1.82) is 0 Å². The lowest BCUT2D eigenvalue weighted by Crippen LogP contribution is -2.20. The highest BCUT2D eigenvalue weighted by molar-refractivity contribution is 6.36. The SMILES string of the molecule is C[C@H](OC/C(Cl)=C/Cl)C(=O)O. The van der Waals surface area contributed by atoms with Crippen LogP contribution in [0.1, 0.15) is 6.92 Å². The predicted molar refractivity (Wildman–Crippen MR) is 42.8 cm³/mol. The van der Waals surface area contributed by atoms with Gasteiger partial charge < -0.3 is 9.84 Å². The summed E-state index contributed by atoms with van der Waals surface area (Å²) < 4.78 is 4.77. The van der Waals surface area contributed by atoms with Crippen LogP contribution in [0.15, 0.2) is 10.6 Å². The summed E-state index contributed by atoms with van der Waals surface area (Å²) in [6, 6.07) is 0. The van der Waals surface area contributed by atoms with E-state index in [9.17, 15) is 4.79 Å². The molecule has 0 aromatic rings. The third-order valence-corrected chi connectivity index (χ3v) is 1.53. The second kappa shape index (κ2) is 5.41. The van der Waals surface area contributed by atoms with E-state index in [1.807, 2.05) is 0 Å². The van der Waals surface area contributed by atoms with Gasteiger partial charge in [-0.15, -0.1) is 0 Å². The highest BCUT2D eigenvalue weighted by Gasteiger charge is 2.10. The van der Waals surface area contributed by atoms with Gasteiger partial charge in [-0.25, -0.2) is 4.79 Å². The average molecular weight is 199 g/mol. The average Bonchev–Trinajstić information content (AvgIpc) is 1.99. The Kier molecular flexibility index (Phi) is 5.28. The van der Waals surface area contributed by atoms with Gasteiger partial charge in [0.2, 0.25) is 0 Å². The van der Waals surface area contributed by atoms with Crippen LogP contribution in [0.4, 0.5) is 0 Å². The van der Waals surface area contributed by atoms with Crippen molar-refractivity contribution >= 4 is 29.2 Å². The fourth-order valence-electron chi connectivity index (χ4n) is 0.307. The van der Waals surface area contributed by atoms with Crippen molar-refractivity contribution in [2.45, 2.75) is 13.0 Å². The first kappa shape index (κ1) is 10.8. The first-order valence-electron chi connectivity index (χ1n) is 2.87. The summed E-state index contributed by atoms with van der Waals surface area (Å²) >= 11 is 10.6. The summed E-state index contributed by atoms with van der Waals surface area (Å²) in [6.07, 6.45) is -0.861. The van der Waals surface area contributed by atoms with Crippen LogP contribution >= 0.6 is 23.2 Å². The lowest BCUT2D eigenvalue weighted by atomic mass is 10.4. The van der Waals surface area contributed by atoms with Gasteiger partial charge in [-0.2, -0.15) is 0 Å². The highest BCUT2D eigenvalue weighted by Crippen LogP contribution is 2.04. The monoisotopic (exact) mass is 198 g/mol. The summed E-state index contributed by atoms with van der Waals surface area (Å²) in [7, 11) is 0. The fourth-order valence-corrected chi connectivity index (χ4v) is 0.433. The first-order chi connectivity index (χ1) is 5.07. The molecule has 0 saturated heterocycles. The van der Waals surface area contributed by atoms with Crippen molar-refractivity contribution in [2.24, 2.45) is 0 Å². The Balaban J connectivity index is 3.62. The summed E-state index contributed by atoms with van der Waals surface area (Å²) in [5.41, 5.74) is 1.14. The molecule has 0 heterocycles. The van der Waals surface area contributed by atoms with Gasteiger partial charge in [-0.1, -0.05) is 23.2 Å². The largest absolute Gasteiger partial charge is 0.479 e. The number of carboxylic acids is 1. The second-order valence-corrected chi connectivity index (χ2v) is 2.55. The van der Waals surface area contributed by atoms with E-state index in [0.29, 0.717) is 0 Å². The van der Waals surface area contributed by atoms with Crippen molar-refractivity contribution in [3.05, 3.63) is 10.6 Å². The number of carboxylic acid groups (broad SMARTS) is 1. The van der Waals surface area contributed by atoms with Crippen molar-refractivity contribution in [3.63, 3.8) is 0 Å². The lowest BCUT2D eigenvalue weighted by molar-refractivity contribution is -0.148. The fraction of sp³-hybridized carbons (Fsp3) is 0.500. The molecule has 0 radical (unpaired) electrons. The van der Waals surface area contributed by atoms with E-state index in [1.54, 1.807) is 0 Å². The minimum atomic E-state index is -1.02. The van der Waals surface area contributed by atoms with Gasteiger partial charge >= 0.3 is 5.97 Å². The van der Waals surface area contributed by atoms with Gasteiger partial charge in [0.15, 0.2) is 6.10 Å². The Morgan fingerprint density at radius 3 is 2.73 bits per heavy atom. The normalized spacial score (nSPS) is 14.6. The molecule has 0 aromatic heterocycles. The number of hydrogen-bond acceptors (Lipinski definition) is 2. The third kappa shape index (κ3) is 5.07. The van der Waals surface area contributed by atoms with Crippen LogP contribution in [0.3, 0.4) is 0 Å². The molecule has 0 spiro atoms. The Hall–Kier alpha value is -0.250. The molecule has 0 fully saturated rings. The van der Waals surface area contributed by atoms with Gasteiger partial charge in [0, 0.05) is 5.54 Å². The molecule has 1 atom stereocenters. The van der Waals surface area contributed by atoms with Crippen LogP contribution in [-0.4, -0.2) is 23.8 Å². The topological polar surface area (TPSA) is 46.5 Å². The molecule has 64 valence electrons. The molecule has 0 saturated carbocycles. The van der Waals surface area contributed by atoms with E-state index in [-0.39, 0.29) is 11.6 Å². The summed E-state index contributed by atoms with van der Waals surface area (Å²) in [6.45, 7) is 1.44. The zero-order valence-electron chi connectivity index (χ0n) is 5.88. The molecule has 3 nitrogen and oxygen atoms in total. The minimum Gasteiger partial charge on any atom is -0.479 e. The molecule has 11 heavy (non-hydrogen) atoms. The maximum Gasteiger partial charge on any atom is 0.332 e. The molecule has 0 aliphatic rings. The number of ether oxygens (including phenoxy) is 1. The van der Waals surface area contributed by atoms with Gasteiger partial charge in [-0.3, -0.25) is 0 Å². The Morgan fingerprint density at radius 2 is 2.36 bits per heavy atom. The van der Waals surface area contributed by atoms with E-state index in [1.165, 1.54) is 6.92 Å². The van der Waals surface area contributed by atoms with Gasteiger partial charge in [0.25, 0.3) is 0 Å². The smallest absolute Gasteiger partial charge is 0.332 e. The minimum absolute atomic E-state index is 0.0263. The molecule has 5 heteroatoms. The van der Waals surface area contributed by atoms with E-state index in [0.717, 1.165) is 5.54 Å². The molecule has 0 unspecified atom stereocenters. The standard InChI is InChI=1S/C6H8Cl2O3/c1-4(6(9)10)11-3-5(8)2-7/h2,4H,3H2,1H3,(H,9,10)/b5-2-/t4-/m0/s1. The molecule has 0 amide bonds. The van der Waals surface area contributed by atoms with Crippen LogP contribution in [-0.2, 0) is 9.53 Å². The van der Waals surface area contributed by atoms with E-state index < -0.39 is 12.1 Å². The molecular weight excluding hydrogens is 191 g/mol. The van der Waals surface area contributed by atoms with Crippen molar-refractivity contribution in [1.82, 2.24) is 0 Å². The number of aliphatic carboxylic acids is 1. The summed E-state index contributed by atoms with van der Waals surface area (Å²) in [5.74, 6) is -1.02.